The van der Waals surface area contributed by atoms with Crippen molar-refractivity contribution in [2.24, 2.45) is 10.8 Å². The molecule has 0 aliphatic carbocycles. The highest BCUT2D eigenvalue weighted by atomic mass is 32.1. The van der Waals surface area contributed by atoms with Gasteiger partial charge in [0.05, 0.1) is 16.5 Å². The monoisotopic (exact) mass is 469 g/mol. The highest BCUT2D eigenvalue weighted by Gasteiger charge is 2.14. The van der Waals surface area contributed by atoms with Crippen molar-refractivity contribution >= 4 is 45.5 Å². The molecule has 10 heteroatoms. The van der Waals surface area contributed by atoms with Gasteiger partial charge in [0, 0.05) is 5.56 Å². The van der Waals surface area contributed by atoms with E-state index >= 15 is 0 Å². The summed E-state index contributed by atoms with van der Waals surface area (Å²) in [5.74, 6) is 0.774. The highest BCUT2D eigenvalue weighted by molar-refractivity contribution is 7.12. The molecular formula is C24H19N7O2S. The molecule has 1 aromatic heterocycles. The molecule has 3 aromatic rings. The molecule has 5 N–H and O–H groups in total. The van der Waals surface area contributed by atoms with E-state index in [-0.39, 0.29) is 22.2 Å². The van der Waals surface area contributed by atoms with Gasteiger partial charge < -0.3 is 5.73 Å². The van der Waals surface area contributed by atoms with Crippen LogP contribution in [0.25, 0.3) is 27.4 Å². The molecule has 0 radical (unpaired) electrons. The molecule has 34 heavy (non-hydrogen) atoms. The number of hydrazone groups is 1. The summed E-state index contributed by atoms with van der Waals surface area (Å²) in [5.41, 5.74) is 11.0. The second-order valence-corrected chi connectivity index (χ2v) is 8.24. The summed E-state index contributed by atoms with van der Waals surface area (Å²) in [6, 6.07) is 20.3. The molecule has 9 nitrogen and oxygen atoms in total. The zero-order chi connectivity index (χ0) is 23.5. The molecule has 5 rings (SSSR count). The average Bonchev–Trinajstić information content (AvgIpc) is 3.27. The number of aromatic nitrogens is 3. The van der Waals surface area contributed by atoms with Crippen LogP contribution in [0.2, 0.25) is 0 Å². The largest absolute Gasteiger partial charge is 0.382 e. The number of H-pyrrole nitrogens is 2. The van der Waals surface area contributed by atoms with E-state index in [9.17, 15) is 9.59 Å². The number of nitrogens with zero attached hydrogens (tertiary/aromatic N) is 3. The van der Waals surface area contributed by atoms with Crippen LogP contribution in [0.3, 0.4) is 0 Å². The number of hydrazine groups is 1. The number of benzene rings is 2. The molecule has 3 heterocycles. The van der Waals surface area contributed by atoms with Crippen molar-refractivity contribution in [3.8, 4) is 10.6 Å². The van der Waals surface area contributed by atoms with Crippen molar-refractivity contribution in [1.82, 2.24) is 15.2 Å². The summed E-state index contributed by atoms with van der Waals surface area (Å²) in [6.07, 6.45) is 3.53. The standard InChI is InChI=1S/C24H19N7O2S/c25-20(11-8-15-5-2-1-3-6-15)29-31(30-21-13-16-7-4-12-34-24(16)26-21)17-9-10-18-19(14-17)23(33)28-27-22(18)32/h1-14,30H,(H2,25,29)(H,27,32)(H,28,33)/b11-8+. The Kier molecular flexibility index (Phi) is 5.63. The Balaban J connectivity index is 1.55. The van der Waals surface area contributed by atoms with Gasteiger partial charge in [-0.25, -0.2) is 4.98 Å². The van der Waals surface area contributed by atoms with Crippen molar-refractivity contribution in [1.29, 1.82) is 0 Å². The lowest BCUT2D eigenvalue weighted by Gasteiger charge is -2.20. The predicted molar refractivity (Wildman–Crippen MR) is 137 cm³/mol. The highest BCUT2D eigenvalue weighted by Crippen LogP contribution is 2.29. The quantitative estimate of drug-likeness (QED) is 0.171. The number of anilines is 2. The third-order valence-corrected chi connectivity index (χ3v) is 5.85. The fraction of sp³-hybridized carbons (Fsp3) is 0. The summed E-state index contributed by atoms with van der Waals surface area (Å²) in [5, 5.41) is 13.9. The maximum Gasteiger partial charge on any atom is 0.270 e. The number of nitrogens with two attached hydrogens (primary N) is 1. The topological polar surface area (TPSA) is 132 Å². The van der Waals surface area contributed by atoms with E-state index in [1.165, 1.54) is 16.5 Å². The van der Waals surface area contributed by atoms with Gasteiger partial charge in [-0.05, 0) is 41.3 Å². The van der Waals surface area contributed by atoms with Crippen molar-refractivity contribution in [3.63, 3.8) is 0 Å². The van der Waals surface area contributed by atoms with Crippen LogP contribution in [0.4, 0.5) is 11.5 Å². The molecule has 0 saturated carbocycles. The maximum absolute atomic E-state index is 12.3. The first-order chi connectivity index (χ1) is 16.6. The molecular weight excluding hydrogens is 450 g/mol. The first-order valence-electron chi connectivity index (χ1n) is 10.3. The Labute approximate surface area is 197 Å². The normalized spacial score (nSPS) is 11.9. The van der Waals surface area contributed by atoms with Crippen molar-refractivity contribution in [3.05, 3.63) is 104 Å². The summed E-state index contributed by atoms with van der Waals surface area (Å²) in [7, 11) is 0. The lowest BCUT2D eigenvalue weighted by Crippen LogP contribution is -2.28. The van der Waals surface area contributed by atoms with Crippen LogP contribution in [0.15, 0.2) is 92.9 Å². The Hall–Kier alpha value is -4.70. The van der Waals surface area contributed by atoms with Crippen LogP contribution in [-0.4, -0.2) is 21.0 Å². The molecule has 0 saturated heterocycles. The fourth-order valence-corrected chi connectivity index (χ4v) is 4.08. The van der Waals surface area contributed by atoms with E-state index in [0.29, 0.717) is 11.5 Å². The van der Waals surface area contributed by atoms with Gasteiger partial charge in [-0.3, -0.25) is 25.2 Å². The van der Waals surface area contributed by atoms with Crippen LogP contribution in [0, 0.1) is 0 Å². The molecule has 0 unspecified atom stereocenters. The lowest BCUT2D eigenvalue weighted by atomic mass is 10.2. The molecule has 2 aliphatic heterocycles. The van der Waals surface area contributed by atoms with Crippen LogP contribution in [-0.2, 0) is 0 Å². The van der Waals surface area contributed by atoms with Gasteiger partial charge in [0.1, 0.15) is 16.7 Å². The van der Waals surface area contributed by atoms with Crippen molar-refractivity contribution in [2.45, 2.75) is 0 Å². The lowest BCUT2D eigenvalue weighted by molar-refractivity contribution is 0.967. The molecule has 0 spiro atoms. The van der Waals surface area contributed by atoms with E-state index in [0.717, 1.165) is 16.1 Å². The third kappa shape index (κ3) is 4.43. The second kappa shape index (κ2) is 9.04. The van der Waals surface area contributed by atoms with Gasteiger partial charge in [0.15, 0.2) is 0 Å². The molecule has 168 valence electrons. The summed E-state index contributed by atoms with van der Waals surface area (Å²) in [6.45, 7) is 0. The predicted octanol–water partition coefficient (Wildman–Crippen LogP) is 3.60. The van der Waals surface area contributed by atoms with Crippen LogP contribution in [0.1, 0.15) is 5.56 Å². The Morgan fingerprint density at radius 3 is 2.59 bits per heavy atom. The summed E-state index contributed by atoms with van der Waals surface area (Å²) < 4.78 is 0. The van der Waals surface area contributed by atoms with Gasteiger partial charge >= 0.3 is 0 Å². The molecule has 2 aromatic carbocycles. The zero-order valence-corrected chi connectivity index (χ0v) is 18.5. The SMILES string of the molecule is NC(/C=C/c1ccccc1)=N\N(Nc1cc2cccsc-2n1)c1ccc2c(=O)[nH][nH]c(=O)c2c1. The van der Waals surface area contributed by atoms with Crippen molar-refractivity contribution < 1.29 is 0 Å². The van der Waals surface area contributed by atoms with Gasteiger partial charge in [-0.15, -0.1) is 16.4 Å². The zero-order valence-electron chi connectivity index (χ0n) is 17.7. The number of hydrogen-bond acceptors (Lipinski definition) is 7. The molecule has 0 bridgehead atoms. The van der Waals surface area contributed by atoms with E-state index in [4.69, 9.17) is 5.73 Å². The average molecular weight is 470 g/mol. The van der Waals surface area contributed by atoms with Gasteiger partial charge in [-0.1, -0.05) is 48.5 Å². The van der Waals surface area contributed by atoms with E-state index in [1.807, 2.05) is 60.0 Å². The van der Waals surface area contributed by atoms with Gasteiger partial charge in [-0.2, -0.15) is 5.12 Å². The number of rotatable bonds is 6. The smallest absolute Gasteiger partial charge is 0.270 e. The summed E-state index contributed by atoms with van der Waals surface area (Å²) in [4.78, 5) is 29.0. The number of fused-ring (bicyclic) bond motifs is 2. The summed E-state index contributed by atoms with van der Waals surface area (Å²) >= 11 is 1.52. The Bertz CT molecular complexity index is 1570. The minimum absolute atomic E-state index is 0.218. The van der Waals surface area contributed by atoms with E-state index in [1.54, 1.807) is 24.3 Å². The number of hydrogen-bond donors (Lipinski definition) is 4. The number of aromatic amines is 2. The minimum Gasteiger partial charge on any atom is -0.382 e. The number of nitrogens with one attached hydrogen (secondary N) is 3. The third-order valence-electron chi connectivity index (χ3n) is 5.00. The first-order valence-corrected chi connectivity index (χ1v) is 11.2. The maximum atomic E-state index is 12.3. The van der Waals surface area contributed by atoms with Crippen molar-refractivity contribution in [2.75, 3.05) is 10.5 Å². The molecule has 0 amide bonds. The first kappa shape index (κ1) is 21.2. The van der Waals surface area contributed by atoms with E-state index in [2.05, 4.69) is 25.7 Å². The molecule has 0 atom stereocenters. The van der Waals surface area contributed by atoms with Crippen LogP contribution < -0.4 is 27.4 Å². The van der Waals surface area contributed by atoms with Gasteiger partial charge in [0.25, 0.3) is 11.1 Å². The van der Waals surface area contributed by atoms with Crippen LogP contribution in [0.5, 0.6) is 0 Å². The fourth-order valence-electron chi connectivity index (χ4n) is 3.38. The minimum atomic E-state index is -0.420. The van der Waals surface area contributed by atoms with E-state index < -0.39 is 5.56 Å². The van der Waals surface area contributed by atoms with Gasteiger partial charge in [0.2, 0.25) is 0 Å². The molecule has 2 aliphatic rings. The Morgan fingerprint density at radius 1 is 1.00 bits per heavy atom. The molecule has 0 fully saturated rings. The number of amidine groups is 1. The second-order valence-electron chi connectivity index (χ2n) is 7.35. The Morgan fingerprint density at radius 2 is 1.79 bits per heavy atom. The van der Waals surface area contributed by atoms with Crippen LogP contribution >= 0.6 is 11.3 Å².